The molecule has 2 aliphatic carbocycles. The van der Waals surface area contributed by atoms with Crippen LogP contribution in [0.1, 0.15) is 0 Å². The fourth-order valence-electron chi connectivity index (χ4n) is 1.69. The standard InChI is InChI=1S/C12H10O5S2/c13-18(14)11-7-3-1-5-9(11)17-10-6-2-4-8-12(10)19(15)16/h1-10H. The summed E-state index contributed by atoms with van der Waals surface area (Å²) in [7, 11) is -4.82. The van der Waals surface area contributed by atoms with Crippen LogP contribution in [0.4, 0.5) is 0 Å². The SMILES string of the molecule is O=S(=O)=C1C=CC=CC1OC1C=CC=CC1=S(=O)=O. The second kappa shape index (κ2) is 5.96. The van der Waals surface area contributed by atoms with Gasteiger partial charge in [0.25, 0.3) is 0 Å². The van der Waals surface area contributed by atoms with Crippen LogP contribution in [0.5, 0.6) is 0 Å². The van der Waals surface area contributed by atoms with Gasteiger partial charge in [0, 0.05) is 0 Å². The lowest BCUT2D eigenvalue weighted by Gasteiger charge is -2.21. The van der Waals surface area contributed by atoms with Gasteiger partial charge in [0.2, 0.25) is 20.6 Å². The Bertz CT molecular complexity index is 679. The molecular weight excluding hydrogens is 288 g/mol. The van der Waals surface area contributed by atoms with E-state index in [1.165, 1.54) is 12.2 Å². The van der Waals surface area contributed by atoms with E-state index in [4.69, 9.17) is 4.74 Å². The first-order valence-corrected chi connectivity index (χ1v) is 7.52. The Morgan fingerprint density at radius 2 is 1.16 bits per heavy atom. The minimum absolute atomic E-state index is 0.0708. The summed E-state index contributed by atoms with van der Waals surface area (Å²) in [4.78, 5) is 0.142. The minimum Gasteiger partial charge on any atom is -0.355 e. The molecule has 7 heteroatoms. The van der Waals surface area contributed by atoms with Gasteiger partial charge in [0.1, 0.15) is 21.9 Å². The van der Waals surface area contributed by atoms with Crippen molar-refractivity contribution in [3.63, 3.8) is 0 Å². The first-order valence-electron chi connectivity index (χ1n) is 5.37. The molecule has 0 fully saturated rings. The van der Waals surface area contributed by atoms with Crippen LogP contribution in [-0.2, 0) is 25.3 Å². The van der Waals surface area contributed by atoms with E-state index in [1.54, 1.807) is 36.5 Å². The van der Waals surface area contributed by atoms with E-state index < -0.39 is 32.8 Å². The Balaban J connectivity index is 2.31. The zero-order chi connectivity index (χ0) is 13.8. The molecule has 100 valence electrons. The largest absolute Gasteiger partial charge is 0.355 e. The van der Waals surface area contributed by atoms with Crippen LogP contribution >= 0.6 is 0 Å². The van der Waals surface area contributed by atoms with E-state index in [-0.39, 0.29) is 9.73 Å². The zero-order valence-corrected chi connectivity index (χ0v) is 11.3. The topological polar surface area (TPSA) is 77.5 Å². The molecule has 2 unspecified atom stereocenters. The highest BCUT2D eigenvalue weighted by atomic mass is 32.2. The van der Waals surface area contributed by atoms with E-state index in [2.05, 4.69) is 0 Å². The molecule has 0 N–H and O–H groups in total. The quantitative estimate of drug-likeness (QED) is 0.676. The van der Waals surface area contributed by atoms with Crippen molar-refractivity contribution in [2.45, 2.75) is 12.2 Å². The number of hydrogen-bond donors (Lipinski definition) is 0. The van der Waals surface area contributed by atoms with Gasteiger partial charge in [-0.25, -0.2) is 0 Å². The predicted octanol–water partition coefficient (Wildman–Crippen LogP) is 0.0952. The summed E-state index contributed by atoms with van der Waals surface area (Å²) in [6.45, 7) is 0. The second-order valence-corrected chi connectivity index (χ2v) is 5.62. The lowest BCUT2D eigenvalue weighted by atomic mass is 10.1. The van der Waals surface area contributed by atoms with Gasteiger partial charge >= 0.3 is 0 Å². The molecule has 5 nitrogen and oxygen atoms in total. The van der Waals surface area contributed by atoms with E-state index in [9.17, 15) is 16.8 Å². The third kappa shape index (κ3) is 3.19. The number of rotatable bonds is 2. The average Bonchev–Trinajstić information content (AvgIpc) is 2.39. The second-order valence-electron chi connectivity index (χ2n) is 3.74. The molecule has 0 aromatic heterocycles. The van der Waals surface area contributed by atoms with Gasteiger partial charge in [0.15, 0.2) is 0 Å². The van der Waals surface area contributed by atoms with Gasteiger partial charge in [-0.05, 0) is 12.2 Å². The van der Waals surface area contributed by atoms with Gasteiger partial charge < -0.3 is 4.74 Å². The van der Waals surface area contributed by atoms with Crippen molar-refractivity contribution in [2.75, 3.05) is 0 Å². The Morgan fingerprint density at radius 3 is 1.53 bits per heavy atom. The average molecular weight is 298 g/mol. The molecule has 0 saturated heterocycles. The third-order valence-corrected chi connectivity index (χ3v) is 4.06. The highest BCUT2D eigenvalue weighted by Crippen LogP contribution is 2.12. The Hall–Kier alpha value is -1.70. The lowest BCUT2D eigenvalue weighted by molar-refractivity contribution is 0.122. The number of hydrogen-bond acceptors (Lipinski definition) is 5. The Morgan fingerprint density at radius 1 is 0.737 bits per heavy atom. The van der Waals surface area contributed by atoms with Crippen molar-refractivity contribution in [2.24, 2.45) is 0 Å². The molecule has 0 amide bonds. The van der Waals surface area contributed by atoms with Gasteiger partial charge in [-0.1, -0.05) is 36.5 Å². The van der Waals surface area contributed by atoms with Crippen LogP contribution < -0.4 is 0 Å². The minimum atomic E-state index is -2.41. The van der Waals surface area contributed by atoms with Crippen molar-refractivity contribution in [1.29, 1.82) is 0 Å². The highest BCUT2D eigenvalue weighted by molar-refractivity contribution is 7.73. The van der Waals surface area contributed by atoms with Gasteiger partial charge in [-0.3, -0.25) is 0 Å². The first kappa shape index (κ1) is 13.7. The van der Waals surface area contributed by atoms with Crippen molar-refractivity contribution in [3.8, 4) is 0 Å². The molecule has 0 bridgehead atoms. The summed E-state index contributed by atoms with van der Waals surface area (Å²) in [6, 6.07) is 0. The zero-order valence-electron chi connectivity index (χ0n) is 9.63. The van der Waals surface area contributed by atoms with Gasteiger partial charge in [-0.2, -0.15) is 16.8 Å². The van der Waals surface area contributed by atoms with Crippen molar-refractivity contribution >= 4 is 30.3 Å². The molecule has 0 aliphatic heterocycles. The normalized spacial score (nSPS) is 24.8. The van der Waals surface area contributed by atoms with Gasteiger partial charge in [0.05, 0.1) is 0 Å². The molecule has 0 spiro atoms. The maximum absolute atomic E-state index is 11.1. The van der Waals surface area contributed by atoms with E-state index in [0.29, 0.717) is 0 Å². The Labute approximate surface area is 113 Å². The summed E-state index contributed by atoms with van der Waals surface area (Å²) in [5.41, 5.74) is 0. The number of ether oxygens (including phenoxy) is 1. The molecule has 0 saturated carbocycles. The fourth-order valence-corrected chi connectivity index (χ4v) is 2.72. The summed E-state index contributed by atoms with van der Waals surface area (Å²) < 4.78 is 49.8. The lowest BCUT2D eigenvalue weighted by Crippen LogP contribution is -2.32. The van der Waals surface area contributed by atoms with Gasteiger partial charge in [-0.15, -0.1) is 0 Å². The monoisotopic (exact) mass is 298 g/mol. The summed E-state index contributed by atoms with van der Waals surface area (Å²) in [5, 5.41) is 0. The summed E-state index contributed by atoms with van der Waals surface area (Å²) in [6.07, 6.45) is 10.8. The Kier molecular flexibility index (Phi) is 4.31. The van der Waals surface area contributed by atoms with Crippen molar-refractivity contribution in [1.82, 2.24) is 0 Å². The fraction of sp³-hybridized carbons (Fsp3) is 0.167. The maximum Gasteiger partial charge on any atom is 0.220 e. The maximum atomic E-state index is 11.1. The third-order valence-electron chi connectivity index (χ3n) is 2.55. The van der Waals surface area contributed by atoms with Crippen LogP contribution in [-0.4, -0.2) is 38.8 Å². The molecule has 0 aromatic carbocycles. The van der Waals surface area contributed by atoms with Crippen LogP contribution in [0.15, 0.2) is 48.6 Å². The summed E-state index contributed by atoms with van der Waals surface area (Å²) in [5.74, 6) is 0. The molecule has 0 radical (unpaired) electrons. The smallest absolute Gasteiger partial charge is 0.220 e. The summed E-state index contributed by atoms with van der Waals surface area (Å²) >= 11 is 0. The highest BCUT2D eigenvalue weighted by Gasteiger charge is 2.23. The molecule has 0 heterocycles. The van der Waals surface area contributed by atoms with Crippen LogP contribution in [0, 0.1) is 0 Å². The number of allylic oxidation sites excluding steroid dienone is 4. The van der Waals surface area contributed by atoms with E-state index in [1.807, 2.05) is 0 Å². The van der Waals surface area contributed by atoms with Crippen molar-refractivity contribution < 1.29 is 21.6 Å². The molecule has 2 aliphatic rings. The van der Waals surface area contributed by atoms with E-state index >= 15 is 0 Å². The molecule has 19 heavy (non-hydrogen) atoms. The predicted molar refractivity (Wildman–Crippen MR) is 73.1 cm³/mol. The first-order chi connectivity index (χ1) is 9.09. The van der Waals surface area contributed by atoms with Crippen molar-refractivity contribution in [3.05, 3.63) is 48.6 Å². The van der Waals surface area contributed by atoms with Crippen LogP contribution in [0.25, 0.3) is 0 Å². The van der Waals surface area contributed by atoms with E-state index in [0.717, 1.165) is 0 Å². The molecular formula is C12H10O5S2. The van der Waals surface area contributed by atoms with Crippen LogP contribution in [0.2, 0.25) is 0 Å². The molecule has 0 aromatic rings. The molecule has 2 rings (SSSR count). The van der Waals surface area contributed by atoms with Crippen LogP contribution in [0.3, 0.4) is 0 Å². The molecule has 2 atom stereocenters.